The van der Waals surface area contributed by atoms with Gasteiger partial charge in [-0.2, -0.15) is 11.8 Å². The fraction of sp³-hybridized carbons (Fsp3) is 0.600. The molecular formula is C10H18N4S. The van der Waals surface area contributed by atoms with Gasteiger partial charge < -0.3 is 10.6 Å². The van der Waals surface area contributed by atoms with Crippen molar-refractivity contribution in [3.63, 3.8) is 0 Å². The first-order valence-electron chi connectivity index (χ1n) is 5.02. The SMILES string of the molecule is CNc1cc(NCCC(C)SC)ncn1. The van der Waals surface area contributed by atoms with Crippen LogP contribution in [0.3, 0.4) is 0 Å². The maximum atomic E-state index is 4.14. The number of rotatable bonds is 6. The maximum absolute atomic E-state index is 4.14. The van der Waals surface area contributed by atoms with E-state index in [4.69, 9.17) is 0 Å². The summed E-state index contributed by atoms with van der Waals surface area (Å²) in [5.74, 6) is 1.72. The van der Waals surface area contributed by atoms with Crippen molar-refractivity contribution in [2.75, 3.05) is 30.5 Å². The van der Waals surface area contributed by atoms with Gasteiger partial charge in [-0.1, -0.05) is 6.92 Å². The highest BCUT2D eigenvalue weighted by molar-refractivity contribution is 7.99. The van der Waals surface area contributed by atoms with Crippen LogP contribution < -0.4 is 10.6 Å². The summed E-state index contributed by atoms with van der Waals surface area (Å²) in [6.45, 7) is 3.17. The van der Waals surface area contributed by atoms with E-state index >= 15 is 0 Å². The minimum Gasteiger partial charge on any atom is -0.373 e. The predicted octanol–water partition coefficient (Wildman–Crippen LogP) is 2.07. The lowest BCUT2D eigenvalue weighted by Crippen LogP contribution is -2.09. The molecule has 0 saturated heterocycles. The van der Waals surface area contributed by atoms with E-state index in [1.807, 2.05) is 24.9 Å². The van der Waals surface area contributed by atoms with Gasteiger partial charge in [-0.15, -0.1) is 0 Å². The monoisotopic (exact) mass is 226 g/mol. The van der Waals surface area contributed by atoms with Gasteiger partial charge in [-0.05, 0) is 12.7 Å². The summed E-state index contributed by atoms with van der Waals surface area (Å²) in [5.41, 5.74) is 0. The summed E-state index contributed by atoms with van der Waals surface area (Å²) < 4.78 is 0. The third-order valence-electron chi connectivity index (χ3n) is 2.18. The number of hydrogen-bond acceptors (Lipinski definition) is 5. The van der Waals surface area contributed by atoms with Crippen LogP contribution in [0.5, 0.6) is 0 Å². The van der Waals surface area contributed by atoms with Crippen molar-refractivity contribution >= 4 is 23.4 Å². The first-order chi connectivity index (χ1) is 7.26. The van der Waals surface area contributed by atoms with Crippen molar-refractivity contribution in [1.82, 2.24) is 9.97 Å². The second kappa shape index (κ2) is 6.50. The number of nitrogens with one attached hydrogen (secondary N) is 2. The average Bonchev–Trinajstić information content (AvgIpc) is 2.29. The first-order valence-corrected chi connectivity index (χ1v) is 6.31. The fourth-order valence-corrected chi connectivity index (χ4v) is 1.47. The molecular weight excluding hydrogens is 208 g/mol. The zero-order chi connectivity index (χ0) is 11.1. The molecule has 1 atom stereocenters. The summed E-state index contributed by atoms with van der Waals surface area (Å²) in [6.07, 6.45) is 4.83. The molecule has 84 valence electrons. The van der Waals surface area contributed by atoms with Gasteiger partial charge >= 0.3 is 0 Å². The molecule has 0 aromatic carbocycles. The average molecular weight is 226 g/mol. The third-order valence-corrected chi connectivity index (χ3v) is 3.22. The van der Waals surface area contributed by atoms with Crippen LogP contribution in [0.15, 0.2) is 12.4 Å². The largest absolute Gasteiger partial charge is 0.373 e. The quantitative estimate of drug-likeness (QED) is 0.777. The van der Waals surface area contributed by atoms with Gasteiger partial charge in [0.25, 0.3) is 0 Å². The molecule has 0 bridgehead atoms. The Hall–Kier alpha value is -0.970. The first kappa shape index (κ1) is 12.1. The molecule has 15 heavy (non-hydrogen) atoms. The topological polar surface area (TPSA) is 49.8 Å². The molecule has 0 fully saturated rings. The minimum atomic E-state index is 0.683. The Bertz CT molecular complexity index is 293. The van der Waals surface area contributed by atoms with Gasteiger partial charge in [0, 0.05) is 24.9 Å². The Morgan fingerprint density at radius 1 is 1.40 bits per heavy atom. The van der Waals surface area contributed by atoms with Crippen molar-refractivity contribution in [2.45, 2.75) is 18.6 Å². The number of nitrogens with zero attached hydrogens (tertiary/aromatic N) is 2. The Balaban J connectivity index is 2.37. The molecule has 0 aliphatic heterocycles. The number of aromatic nitrogens is 2. The zero-order valence-corrected chi connectivity index (χ0v) is 10.3. The Kier molecular flexibility index (Phi) is 5.25. The molecule has 1 unspecified atom stereocenters. The predicted molar refractivity (Wildman–Crippen MR) is 67.7 cm³/mol. The summed E-state index contributed by atoms with van der Waals surface area (Å²) in [5, 5.41) is 6.95. The van der Waals surface area contributed by atoms with Crippen LogP contribution in [-0.2, 0) is 0 Å². The summed E-state index contributed by atoms with van der Waals surface area (Å²) in [6, 6.07) is 1.91. The molecule has 4 nitrogen and oxygen atoms in total. The van der Waals surface area contributed by atoms with Crippen molar-refractivity contribution in [3.8, 4) is 0 Å². The molecule has 0 aliphatic carbocycles. The van der Waals surface area contributed by atoms with Crippen LogP contribution in [0.2, 0.25) is 0 Å². The molecule has 1 aromatic rings. The molecule has 0 aliphatic rings. The lowest BCUT2D eigenvalue weighted by Gasteiger charge is -2.09. The van der Waals surface area contributed by atoms with Crippen LogP contribution in [0.25, 0.3) is 0 Å². The van der Waals surface area contributed by atoms with E-state index in [1.165, 1.54) is 0 Å². The molecule has 0 spiro atoms. The fourth-order valence-electron chi connectivity index (χ4n) is 1.11. The van der Waals surface area contributed by atoms with Gasteiger partial charge in [-0.3, -0.25) is 0 Å². The molecule has 1 heterocycles. The van der Waals surface area contributed by atoms with E-state index in [0.29, 0.717) is 5.25 Å². The zero-order valence-electron chi connectivity index (χ0n) is 9.45. The highest BCUT2D eigenvalue weighted by atomic mass is 32.2. The lowest BCUT2D eigenvalue weighted by molar-refractivity contribution is 0.849. The summed E-state index contributed by atoms with van der Waals surface area (Å²) >= 11 is 1.88. The third kappa shape index (κ3) is 4.38. The second-order valence-electron chi connectivity index (χ2n) is 3.30. The minimum absolute atomic E-state index is 0.683. The molecule has 1 aromatic heterocycles. The normalized spacial score (nSPS) is 12.2. The van der Waals surface area contributed by atoms with Crippen LogP contribution in [0.1, 0.15) is 13.3 Å². The Morgan fingerprint density at radius 2 is 2.13 bits per heavy atom. The Morgan fingerprint density at radius 3 is 2.80 bits per heavy atom. The van der Waals surface area contributed by atoms with Crippen molar-refractivity contribution in [3.05, 3.63) is 12.4 Å². The molecule has 0 radical (unpaired) electrons. The maximum Gasteiger partial charge on any atom is 0.131 e. The van der Waals surface area contributed by atoms with Gasteiger partial charge in [0.05, 0.1) is 0 Å². The highest BCUT2D eigenvalue weighted by Crippen LogP contribution is 2.11. The van der Waals surface area contributed by atoms with E-state index in [2.05, 4.69) is 33.8 Å². The van der Waals surface area contributed by atoms with Gasteiger partial charge in [0.15, 0.2) is 0 Å². The lowest BCUT2D eigenvalue weighted by atomic mass is 10.3. The number of thioether (sulfide) groups is 1. The van der Waals surface area contributed by atoms with Crippen LogP contribution >= 0.6 is 11.8 Å². The van der Waals surface area contributed by atoms with E-state index in [9.17, 15) is 0 Å². The summed E-state index contributed by atoms with van der Waals surface area (Å²) in [4.78, 5) is 8.19. The molecule has 5 heteroatoms. The van der Waals surface area contributed by atoms with Crippen LogP contribution in [-0.4, -0.2) is 35.1 Å². The highest BCUT2D eigenvalue weighted by Gasteiger charge is 2.00. The van der Waals surface area contributed by atoms with E-state index < -0.39 is 0 Å². The van der Waals surface area contributed by atoms with Gasteiger partial charge in [0.2, 0.25) is 0 Å². The van der Waals surface area contributed by atoms with Gasteiger partial charge in [0.1, 0.15) is 18.0 Å². The van der Waals surface area contributed by atoms with Gasteiger partial charge in [-0.25, -0.2) is 9.97 Å². The molecule has 2 N–H and O–H groups in total. The van der Waals surface area contributed by atoms with E-state index in [-0.39, 0.29) is 0 Å². The van der Waals surface area contributed by atoms with Crippen LogP contribution in [0, 0.1) is 0 Å². The van der Waals surface area contributed by atoms with Crippen molar-refractivity contribution in [2.24, 2.45) is 0 Å². The molecule has 0 amide bonds. The molecule has 0 saturated carbocycles. The standard InChI is InChI=1S/C10H18N4S/c1-8(15-3)4-5-12-10-6-9(11-2)13-7-14-10/h6-8H,4-5H2,1-3H3,(H2,11,12,13,14). The molecule has 1 rings (SSSR count). The van der Waals surface area contributed by atoms with Crippen LogP contribution in [0.4, 0.5) is 11.6 Å². The van der Waals surface area contributed by atoms with E-state index in [1.54, 1.807) is 6.33 Å². The van der Waals surface area contributed by atoms with E-state index in [0.717, 1.165) is 24.6 Å². The smallest absolute Gasteiger partial charge is 0.131 e. The summed E-state index contributed by atoms with van der Waals surface area (Å²) in [7, 11) is 1.85. The Labute approximate surface area is 95.3 Å². The van der Waals surface area contributed by atoms with Crippen molar-refractivity contribution in [1.29, 1.82) is 0 Å². The second-order valence-corrected chi connectivity index (χ2v) is 4.58. The number of anilines is 2. The number of hydrogen-bond donors (Lipinski definition) is 2. The van der Waals surface area contributed by atoms with Crippen molar-refractivity contribution < 1.29 is 0 Å².